The quantitative estimate of drug-likeness (QED) is 0.0418. The molecule has 0 radical (unpaired) electrons. The molecular formula is C27H65N5O12S2. The number of aliphatic hydroxyl groups is 3. The first-order valence-corrected chi connectivity index (χ1v) is 19.1. The first kappa shape index (κ1) is 46.0. The molecule has 0 aliphatic heterocycles. The van der Waals surface area contributed by atoms with Crippen LogP contribution in [0.15, 0.2) is 0 Å². The Labute approximate surface area is 278 Å². The first-order valence-electron chi connectivity index (χ1n) is 15.8. The number of ether oxygens (including phenoxy) is 3. The molecule has 0 spiro atoms. The molecule has 0 aromatic heterocycles. The lowest BCUT2D eigenvalue weighted by molar-refractivity contribution is -0.0566. The van der Waals surface area contributed by atoms with Gasteiger partial charge in [-0.1, -0.05) is 0 Å². The number of nitrogens with one attached hydrogen (secondary N) is 2. The molecule has 0 aromatic carbocycles. The summed E-state index contributed by atoms with van der Waals surface area (Å²) in [5.74, 6) is -0.364. The van der Waals surface area contributed by atoms with Gasteiger partial charge in [-0.25, -0.2) is 0 Å². The van der Waals surface area contributed by atoms with E-state index in [2.05, 4.69) is 20.4 Å². The Hall–Kier alpha value is 0.0200. The van der Waals surface area contributed by atoms with Crippen LogP contribution >= 0.6 is 21.7 Å². The normalized spacial score (nSPS) is 15.9. The van der Waals surface area contributed by atoms with Gasteiger partial charge in [0.2, 0.25) is 0 Å². The molecule has 13 N–H and O–H groups in total. The summed E-state index contributed by atoms with van der Waals surface area (Å²) < 4.78 is 70.6. The van der Waals surface area contributed by atoms with Crippen molar-refractivity contribution in [1.29, 1.82) is 0 Å². The van der Waals surface area contributed by atoms with Crippen LogP contribution in [0.5, 0.6) is 0 Å². The lowest BCUT2D eigenvalue weighted by Crippen LogP contribution is -2.47. The second-order valence-electron chi connectivity index (χ2n) is 12.3. The van der Waals surface area contributed by atoms with E-state index in [-0.39, 0.29) is 63.9 Å². The Morgan fingerprint density at radius 2 is 1.11 bits per heavy atom. The van der Waals surface area contributed by atoms with Gasteiger partial charge in [0, 0.05) is 96.7 Å². The smallest absolute Gasteiger partial charge is 0.0900 e. The number of hydrogen-bond acceptors (Lipinski definition) is 17. The minimum atomic E-state index is -3.56. The monoisotopic (exact) mass is 715 g/mol. The molecule has 46 heavy (non-hydrogen) atoms. The van der Waals surface area contributed by atoms with Gasteiger partial charge < -0.3 is 73.2 Å². The fourth-order valence-electron chi connectivity index (χ4n) is 4.10. The molecular weight excluding hydrogens is 650 g/mol. The fraction of sp³-hybridized carbons (Fsp3) is 1.00. The molecule has 0 aromatic rings. The van der Waals surface area contributed by atoms with Crippen molar-refractivity contribution in [3.63, 3.8) is 0 Å². The zero-order valence-electron chi connectivity index (χ0n) is 27.9. The van der Waals surface area contributed by atoms with Gasteiger partial charge in [-0.15, -0.1) is 0 Å². The van der Waals surface area contributed by atoms with Gasteiger partial charge in [0.05, 0.1) is 65.5 Å². The second-order valence-corrected chi connectivity index (χ2v) is 15.6. The third kappa shape index (κ3) is 32.6. The predicted octanol–water partition coefficient (Wildman–Crippen LogP) is -0.113. The third-order valence-corrected chi connectivity index (χ3v) is 8.00. The maximum atomic E-state index is 10.7. The zero-order chi connectivity index (χ0) is 35.1. The van der Waals surface area contributed by atoms with E-state index in [0.29, 0.717) is 65.4 Å². The van der Waals surface area contributed by atoms with Crippen molar-refractivity contribution in [3.05, 3.63) is 0 Å². The van der Waals surface area contributed by atoms with Crippen LogP contribution in [0.4, 0.5) is 0 Å². The highest BCUT2D eigenvalue weighted by Crippen LogP contribution is 2.33. The lowest BCUT2D eigenvalue weighted by atomic mass is 10.2. The summed E-state index contributed by atoms with van der Waals surface area (Å²) in [4.78, 5) is 4.16. The predicted molar refractivity (Wildman–Crippen MR) is 183 cm³/mol. The van der Waals surface area contributed by atoms with E-state index >= 15 is 0 Å². The first-order chi connectivity index (χ1) is 21.4. The summed E-state index contributed by atoms with van der Waals surface area (Å²) in [5, 5.41) is 37.9. The number of hydrogen-bond donors (Lipinski definition) is 12. The SMILES string of the molecule is CC(C)(C)OCC(O)CN(CCNCC(O)COCCCS(O)(O)O)CCN(CCNCCN)CC(O)COCCCS(O)(O)O. The van der Waals surface area contributed by atoms with Crippen LogP contribution < -0.4 is 16.4 Å². The minimum Gasteiger partial charge on any atom is -0.389 e. The molecule has 0 fully saturated rings. The molecule has 0 amide bonds. The van der Waals surface area contributed by atoms with Crippen molar-refractivity contribution in [3.8, 4) is 0 Å². The second kappa shape index (κ2) is 25.9. The van der Waals surface area contributed by atoms with Crippen LogP contribution in [0.3, 0.4) is 0 Å². The average molecular weight is 716 g/mol. The number of rotatable bonds is 31. The Morgan fingerprint density at radius 3 is 1.57 bits per heavy atom. The standard InChI is InChI=1S/C27H65N5O12S2/c1-27(2,3)44-23-26(35)20-32(11-9-30-18-24(33)21-42-14-4-16-45(36,37)38)13-12-31(10-8-29-7-6-28)19-25(34)22-43-15-5-17-46(39,40)41/h24-26,29-30,33-41H,4-23,28H2,1-3H3. The summed E-state index contributed by atoms with van der Waals surface area (Å²) >= 11 is 0. The molecule has 0 rings (SSSR count). The zero-order valence-corrected chi connectivity index (χ0v) is 29.5. The van der Waals surface area contributed by atoms with E-state index in [4.69, 9.17) is 47.3 Å². The van der Waals surface area contributed by atoms with Gasteiger partial charge >= 0.3 is 0 Å². The van der Waals surface area contributed by atoms with Gasteiger partial charge in [0.25, 0.3) is 0 Å². The third-order valence-electron chi connectivity index (χ3n) is 6.32. The number of nitrogens with two attached hydrogens (primary N) is 1. The lowest BCUT2D eigenvalue weighted by Gasteiger charge is -2.31. The average Bonchev–Trinajstić information content (AvgIpc) is 2.92. The van der Waals surface area contributed by atoms with Crippen LogP contribution in [0.25, 0.3) is 0 Å². The van der Waals surface area contributed by atoms with Gasteiger partial charge in [-0.3, -0.25) is 9.80 Å². The van der Waals surface area contributed by atoms with Crippen molar-refractivity contribution in [2.24, 2.45) is 5.73 Å². The molecule has 0 heterocycles. The molecule has 0 aliphatic rings. The van der Waals surface area contributed by atoms with Crippen LogP contribution in [0, 0.1) is 0 Å². The van der Waals surface area contributed by atoms with Crippen molar-refractivity contribution in [2.75, 3.05) is 117 Å². The summed E-state index contributed by atoms with van der Waals surface area (Å²) in [6, 6.07) is 0. The summed E-state index contributed by atoms with van der Waals surface area (Å²) in [7, 11) is -7.10. The molecule has 0 bridgehead atoms. The Kier molecular flexibility index (Phi) is 25.9. The molecule has 0 saturated heterocycles. The van der Waals surface area contributed by atoms with Gasteiger partial charge in [0.15, 0.2) is 0 Å². The van der Waals surface area contributed by atoms with Crippen molar-refractivity contribution < 1.29 is 56.8 Å². The van der Waals surface area contributed by atoms with E-state index < -0.39 is 45.7 Å². The maximum absolute atomic E-state index is 10.7. The van der Waals surface area contributed by atoms with Gasteiger partial charge in [-0.2, -0.15) is 0 Å². The van der Waals surface area contributed by atoms with E-state index in [1.54, 1.807) is 0 Å². The highest BCUT2D eigenvalue weighted by molar-refractivity contribution is 8.19. The molecule has 0 saturated carbocycles. The topological polar surface area (TPSA) is 266 Å². The molecule has 19 heteroatoms. The van der Waals surface area contributed by atoms with Crippen molar-refractivity contribution in [1.82, 2.24) is 20.4 Å². The van der Waals surface area contributed by atoms with Gasteiger partial charge in [-0.05, 0) is 33.6 Å². The van der Waals surface area contributed by atoms with E-state index in [1.165, 1.54) is 0 Å². The fourth-order valence-corrected chi connectivity index (χ4v) is 5.11. The molecule has 3 atom stereocenters. The van der Waals surface area contributed by atoms with Crippen molar-refractivity contribution >= 4 is 21.7 Å². The van der Waals surface area contributed by atoms with Gasteiger partial charge in [0.1, 0.15) is 0 Å². The number of nitrogens with zero attached hydrogens (tertiary/aromatic N) is 2. The minimum absolute atomic E-state index is 0.0476. The summed E-state index contributed by atoms with van der Waals surface area (Å²) in [6.07, 6.45) is -1.82. The van der Waals surface area contributed by atoms with Crippen LogP contribution in [-0.4, -0.2) is 193 Å². The largest absolute Gasteiger partial charge is 0.389 e. The summed E-state index contributed by atoms with van der Waals surface area (Å²) in [6.45, 7) is 12.0. The van der Waals surface area contributed by atoms with Crippen LogP contribution in [0.2, 0.25) is 0 Å². The molecule has 282 valence electrons. The number of aliphatic hydroxyl groups excluding tert-OH is 3. The Bertz CT molecular complexity index is 720. The molecule has 0 aliphatic carbocycles. The van der Waals surface area contributed by atoms with E-state index in [9.17, 15) is 15.3 Å². The Morgan fingerprint density at radius 1 is 0.652 bits per heavy atom. The Balaban J connectivity index is 4.94. The molecule has 17 nitrogen and oxygen atoms in total. The highest BCUT2D eigenvalue weighted by atomic mass is 32.3. The highest BCUT2D eigenvalue weighted by Gasteiger charge is 2.19. The maximum Gasteiger partial charge on any atom is 0.0900 e. The molecule has 3 unspecified atom stereocenters. The summed E-state index contributed by atoms with van der Waals surface area (Å²) in [5.41, 5.74) is 5.19. The van der Waals surface area contributed by atoms with Crippen LogP contribution in [-0.2, 0) is 14.2 Å². The van der Waals surface area contributed by atoms with E-state index in [1.807, 2.05) is 20.8 Å². The van der Waals surface area contributed by atoms with E-state index in [0.717, 1.165) is 0 Å². The van der Waals surface area contributed by atoms with Crippen LogP contribution in [0.1, 0.15) is 33.6 Å². The van der Waals surface area contributed by atoms with Crippen molar-refractivity contribution in [2.45, 2.75) is 57.5 Å².